The summed E-state index contributed by atoms with van der Waals surface area (Å²) in [5.41, 5.74) is 2.09. The summed E-state index contributed by atoms with van der Waals surface area (Å²) in [6, 6.07) is 5.93. The summed E-state index contributed by atoms with van der Waals surface area (Å²) in [5, 5.41) is 4.44. The van der Waals surface area contributed by atoms with Gasteiger partial charge in [0, 0.05) is 37.8 Å². The van der Waals surface area contributed by atoms with E-state index in [2.05, 4.69) is 10.1 Å². The van der Waals surface area contributed by atoms with Crippen molar-refractivity contribution < 1.29 is 17.6 Å². The second kappa shape index (κ2) is 7.11. The highest BCUT2D eigenvalue weighted by Crippen LogP contribution is 2.27. The van der Waals surface area contributed by atoms with Crippen LogP contribution in [0, 0.1) is 12.7 Å². The Morgan fingerprint density at radius 2 is 1.93 bits per heavy atom. The Kier molecular flexibility index (Phi) is 4.73. The minimum Gasteiger partial charge on any atom is -0.303 e. The predicted octanol–water partition coefficient (Wildman–Crippen LogP) is 2.98. The Hall–Kier alpha value is -3.01. The number of hydrogen-bond acceptors (Lipinski definition) is 4. The molecule has 1 N–H and O–H groups in total. The van der Waals surface area contributed by atoms with Gasteiger partial charge >= 0.3 is 6.18 Å². The van der Waals surface area contributed by atoms with Crippen LogP contribution in [0.1, 0.15) is 28.3 Å². The molecule has 10 heteroatoms. The fourth-order valence-electron chi connectivity index (χ4n) is 3.37. The highest BCUT2D eigenvalue weighted by atomic mass is 19.4. The number of fused-ring (bicyclic) bond motifs is 1. The van der Waals surface area contributed by atoms with Crippen LogP contribution in [0.2, 0.25) is 0 Å². The fraction of sp³-hybridized carbons (Fsp3) is 0.316. The van der Waals surface area contributed by atoms with Gasteiger partial charge in [-0.15, -0.1) is 0 Å². The molecule has 0 saturated heterocycles. The fourth-order valence-corrected chi connectivity index (χ4v) is 3.37. The summed E-state index contributed by atoms with van der Waals surface area (Å²) in [4.78, 5) is 19.5. The number of aromatic nitrogens is 4. The number of nitrogens with zero attached hydrogens (tertiary/aromatic N) is 4. The van der Waals surface area contributed by atoms with Crippen molar-refractivity contribution >= 4 is 0 Å². The Bertz CT molecular complexity index is 1100. The van der Waals surface area contributed by atoms with E-state index in [1.807, 2.05) is 23.0 Å². The number of nitrogens with one attached hydrogen (secondary N) is 1. The molecule has 0 unspecified atom stereocenters. The van der Waals surface area contributed by atoms with Crippen LogP contribution in [0.5, 0.6) is 0 Å². The zero-order valence-electron chi connectivity index (χ0n) is 15.4. The first-order valence-electron chi connectivity index (χ1n) is 8.93. The molecule has 1 aliphatic heterocycles. The normalized spacial score (nSPS) is 14.8. The number of aromatic amines is 1. The van der Waals surface area contributed by atoms with Crippen LogP contribution in [-0.4, -0.2) is 31.2 Å². The Morgan fingerprint density at radius 1 is 1.21 bits per heavy atom. The summed E-state index contributed by atoms with van der Waals surface area (Å²) in [7, 11) is 0. The van der Waals surface area contributed by atoms with E-state index in [1.54, 1.807) is 16.8 Å². The molecule has 0 atom stereocenters. The van der Waals surface area contributed by atoms with Crippen LogP contribution < -0.4 is 5.56 Å². The summed E-state index contributed by atoms with van der Waals surface area (Å²) in [6.45, 7) is 3.00. The van der Waals surface area contributed by atoms with E-state index in [-0.39, 0.29) is 30.0 Å². The summed E-state index contributed by atoms with van der Waals surface area (Å²) in [6.07, 6.45) is -2.60. The number of H-pyrrole nitrogens is 1. The first kappa shape index (κ1) is 19.3. The molecule has 2 aromatic heterocycles. The first-order valence-corrected chi connectivity index (χ1v) is 8.93. The maximum atomic E-state index is 13.1. The molecule has 0 spiro atoms. The van der Waals surface area contributed by atoms with Crippen LogP contribution in [-0.2, 0) is 25.7 Å². The summed E-state index contributed by atoms with van der Waals surface area (Å²) < 4.78 is 53.3. The van der Waals surface area contributed by atoms with Crippen LogP contribution in [0.15, 0.2) is 35.3 Å². The molecule has 0 fully saturated rings. The van der Waals surface area contributed by atoms with E-state index in [0.717, 1.165) is 11.3 Å². The van der Waals surface area contributed by atoms with Gasteiger partial charge in [0.2, 0.25) is 5.82 Å². The molecule has 1 aromatic carbocycles. The van der Waals surface area contributed by atoms with Crippen molar-refractivity contribution in [2.45, 2.75) is 32.6 Å². The van der Waals surface area contributed by atoms with E-state index in [1.165, 1.54) is 12.1 Å². The van der Waals surface area contributed by atoms with Gasteiger partial charge in [-0.3, -0.25) is 9.69 Å². The lowest BCUT2D eigenvalue weighted by Gasteiger charge is -2.27. The largest absolute Gasteiger partial charge is 0.449 e. The third-order valence-corrected chi connectivity index (χ3v) is 4.90. The van der Waals surface area contributed by atoms with E-state index >= 15 is 0 Å². The van der Waals surface area contributed by atoms with Crippen molar-refractivity contribution in [1.82, 2.24) is 24.6 Å². The van der Waals surface area contributed by atoms with Gasteiger partial charge in [-0.1, -0.05) is 0 Å². The SMILES string of the molecule is Cc1nn(-c2ccc(F)cc2)cc1CN1CCc2nc(C(F)(F)F)[nH]c(=O)c2C1. The smallest absolute Gasteiger partial charge is 0.303 e. The average molecular weight is 407 g/mol. The maximum Gasteiger partial charge on any atom is 0.449 e. The van der Waals surface area contributed by atoms with Gasteiger partial charge in [-0.05, 0) is 31.2 Å². The average Bonchev–Trinajstić information content (AvgIpc) is 3.02. The van der Waals surface area contributed by atoms with Crippen LogP contribution >= 0.6 is 0 Å². The molecule has 3 heterocycles. The topological polar surface area (TPSA) is 66.8 Å². The van der Waals surface area contributed by atoms with E-state index in [4.69, 9.17) is 0 Å². The number of hydrogen-bond donors (Lipinski definition) is 1. The van der Waals surface area contributed by atoms with Crippen molar-refractivity contribution in [1.29, 1.82) is 0 Å². The quantitative estimate of drug-likeness (QED) is 0.678. The van der Waals surface area contributed by atoms with Crippen LogP contribution in [0.3, 0.4) is 0 Å². The monoisotopic (exact) mass is 407 g/mol. The molecule has 0 radical (unpaired) electrons. The number of benzene rings is 1. The molecule has 1 aliphatic rings. The predicted molar refractivity (Wildman–Crippen MR) is 95.9 cm³/mol. The number of halogens is 4. The molecule has 3 aromatic rings. The van der Waals surface area contributed by atoms with Gasteiger partial charge < -0.3 is 4.98 Å². The second-order valence-electron chi connectivity index (χ2n) is 6.96. The highest BCUT2D eigenvalue weighted by Gasteiger charge is 2.36. The van der Waals surface area contributed by atoms with E-state index < -0.39 is 17.6 Å². The third-order valence-electron chi connectivity index (χ3n) is 4.90. The summed E-state index contributed by atoms with van der Waals surface area (Å²) >= 11 is 0. The minimum absolute atomic E-state index is 0.191. The van der Waals surface area contributed by atoms with Gasteiger partial charge in [0.05, 0.1) is 22.6 Å². The third kappa shape index (κ3) is 3.93. The van der Waals surface area contributed by atoms with Crippen molar-refractivity contribution in [3.63, 3.8) is 0 Å². The molecule has 0 saturated carbocycles. The zero-order chi connectivity index (χ0) is 20.8. The lowest BCUT2D eigenvalue weighted by molar-refractivity contribution is -0.145. The van der Waals surface area contributed by atoms with E-state index in [0.29, 0.717) is 18.8 Å². The molecule has 0 bridgehead atoms. The minimum atomic E-state index is -4.68. The maximum absolute atomic E-state index is 13.1. The number of rotatable bonds is 3. The Morgan fingerprint density at radius 3 is 2.62 bits per heavy atom. The molecule has 0 amide bonds. The zero-order valence-corrected chi connectivity index (χ0v) is 15.4. The Labute approximate surface area is 162 Å². The van der Waals surface area contributed by atoms with Crippen molar-refractivity contribution in [3.8, 4) is 5.69 Å². The van der Waals surface area contributed by atoms with Gasteiger partial charge in [0.1, 0.15) is 5.82 Å². The molecule has 6 nitrogen and oxygen atoms in total. The van der Waals surface area contributed by atoms with Gasteiger partial charge in [0.25, 0.3) is 5.56 Å². The number of alkyl halides is 3. The standard InChI is InChI=1S/C19H17F4N5O/c1-11-12(9-28(26-11)14-4-2-13(20)3-5-14)8-27-7-6-16-15(10-27)17(29)25-18(24-16)19(21,22)23/h2-5,9H,6-8,10H2,1H3,(H,24,25,29). The van der Waals surface area contributed by atoms with Crippen LogP contribution in [0.25, 0.3) is 5.69 Å². The van der Waals surface area contributed by atoms with Gasteiger partial charge in [0.15, 0.2) is 0 Å². The molecule has 152 valence electrons. The molecule has 4 rings (SSSR count). The van der Waals surface area contributed by atoms with Crippen molar-refractivity contribution in [2.24, 2.45) is 0 Å². The molecule has 29 heavy (non-hydrogen) atoms. The molecular weight excluding hydrogens is 390 g/mol. The van der Waals surface area contributed by atoms with Gasteiger partial charge in [-0.2, -0.15) is 18.3 Å². The summed E-state index contributed by atoms with van der Waals surface area (Å²) in [5.74, 6) is -1.59. The molecule has 0 aliphatic carbocycles. The lowest BCUT2D eigenvalue weighted by atomic mass is 10.1. The first-order chi connectivity index (χ1) is 13.7. The molecular formula is C19H17F4N5O. The lowest BCUT2D eigenvalue weighted by Crippen LogP contribution is -2.36. The second-order valence-corrected chi connectivity index (χ2v) is 6.96. The van der Waals surface area contributed by atoms with E-state index in [9.17, 15) is 22.4 Å². The highest BCUT2D eigenvalue weighted by molar-refractivity contribution is 5.33. The Balaban J connectivity index is 1.54. The number of aryl methyl sites for hydroxylation is 1. The van der Waals surface area contributed by atoms with Crippen molar-refractivity contribution in [3.05, 3.63) is 75.0 Å². The van der Waals surface area contributed by atoms with Gasteiger partial charge in [-0.25, -0.2) is 14.1 Å². The van der Waals surface area contributed by atoms with Crippen molar-refractivity contribution in [2.75, 3.05) is 6.54 Å². The van der Waals surface area contributed by atoms with Crippen LogP contribution in [0.4, 0.5) is 17.6 Å².